The lowest BCUT2D eigenvalue weighted by molar-refractivity contribution is 0.120. The molecule has 0 bridgehead atoms. The zero-order valence-corrected chi connectivity index (χ0v) is 12.7. The topological polar surface area (TPSA) is 52.9 Å². The molecule has 0 aliphatic rings. The summed E-state index contributed by atoms with van der Waals surface area (Å²) in [5.41, 5.74) is 1.22. The van der Waals surface area contributed by atoms with E-state index >= 15 is 0 Å². The van der Waals surface area contributed by atoms with Crippen LogP contribution in [0.15, 0.2) is 42.5 Å². The maximum absolute atomic E-state index is 13.6. The Kier molecular flexibility index (Phi) is 5.35. The van der Waals surface area contributed by atoms with E-state index in [1.54, 1.807) is 36.4 Å². The second-order valence-corrected chi connectivity index (χ2v) is 5.24. The van der Waals surface area contributed by atoms with Crippen molar-refractivity contribution >= 4 is 0 Å². The Balaban J connectivity index is 2.01. The van der Waals surface area contributed by atoms with Gasteiger partial charge in [0, 0.05) is 18.7 Å². The number of aliphatic hydroxyl groups excluding tert-OH is 1. The Morgan fingerprint density at radius 1 is 1.23 bits per heavy atom. The van der Waals surface area contributed by atoms with Crippen molar-refractivity contribution in [3.63, 3.8) is 0 Å². The lowest BCUT2D eigenvalue weighted by atomic mass is 10.1. The number of methoxy groups -OCH3 is 1. The van der Waals surface area contributed by atoms with E-state index in [2.05, 4.69) is 0 Å². The smallest absolute Gasteiger partial charge is 0.160 e. The van der Waals surface area contributed by atoms with E-state index < -0.39 is 11.9 Å². The zero-order chi connectivity index (χ0) is 16.1. The minimum Gasteiger partial charge on any atom is -0.504 e. The van der Waals surface area contributed by atoms with Crippen LogP contribution in [0, 0.1) is 5.82 Å². The molecule has 2 aromatic rings. The fourth-order valence-electron chi connectivity index (χ4n) is 2.34. The molecule has 0 saturated carbocycles. The number of phenolic OH excluding ortho intramolecular Hbond substituents is 1. The van der Waals surface area contributed by atoms with Gasteiger partial charge in [0.15, 0.2) is 11.5 Å². The van der Waals surface area contributed by atoms with Gasteiger partial charge >= 0.3 is 0 Å². The molecule has 0 spiro atoms. The van der Waals surface area contributed by atoms with Gasteiger partial charge in [-0.15, -0.1) is 0 Å². The number of hydrogen-bond acceptors (Lipinski definition) is 4. The molecule has 2 aromatic carbocycles. The molecule has 1 atom stereocenters. The predicted molar refractivity (Wildman–Crippen MR) is 82.4 cm³/mol. The van der Waals surface area contributed by atoms with Crippen LogP contribution in [0.3, 0.4) is 0 Å². The number of rotatable bonds is 6. The number of phenols is 1. The minimum absolute atomic E-state index is 0.0836. The van der Waals surface area contributed by atoms with Crippen LogP contribution in [0.4, 0.5) is 4.39 Å². The van der Waals surface area contributed by atoms with Gasteiger partial charge in [0.2, 0.25) is 0 Å². The van der Waals surface area contributed by atoms with Crippen LogP contribution in [-0.4, -0.2) is 35.8 Å². The summed E-state index contributed by atoms with van der Waals surface area (Å²) in [6.45, 7) is 0.840. The van der Waals surface area contributed by atoms with Crippen molar-refractivity contribution in [3.8, 4) is 11.5 Å². The summed E-state index contributed by atoms with van der Waals surface area (Å²) in [6, 6.07) is 11.3. The lowest BCUT2D eigenvalue weighted by Crippen LogP contribution is -2.24. The summed E-state index contributed by atoms with van der Waals surface area (Å²) in [6.07, 6.45) is -0.898. The minimum atomic E-state index is -0.898. The molecule has 5 heteroatoms. The van der Waals surface area contributed by atoms with E-state index in [0.717, 1.165) is 5.56 Å². The molecular formula is C17H20FNO3. The maximum Gasteiger partial charge on any atom is 0.160 e. The number of aliphatic hydroxyl groups is 1. The molecule has 118 valence electrons. The molecule has 2 rings (SSSR count). The summed E-state index contributed by atoms with van der Waals surface area (Å²) < 4.78 is 18.7. The molecule has 2 N–H and O–H groups in total. The highest BCUT2D eigenvalue weighted by atomic mass is 19.1. The number of halogens is 1. The highest BCUT2D eigenvalue weighted by Crippen LogP contribution is 2.27. The van der Waals surface area contributed by atoms with E-state index in [1.807, 2.05) is 11.9 Å². The van der Waals surface area contributed by atoms with E-state index in [1.165, 1.54) is 13.2 Å². The number of hydrogen-bond donors (Lipinski definition) is 2. The van der Waals surface area contributed by atoms with Gasteiger partial charge < -0.3 is 14.9 Å². The maximum atomic E-state index is 13.6. The van der Waals surface area contributed by atoms with Gasteiger partial charge in [0.1, 0.15) is 5.82 Å². The van der Waals surface area contributed by atoms with Gasteiger partial charge in [0.05, 0.1) is 13.2 Å². The van der Waals surface area contributed by atoms with Crippen molar-refractivity contribution in [1.82, 2.24) is 4.90 Å². The first-order chi connectivity index (χ1) is 10.5. The van der Waals surface area contributed by atoms with Gasteiger partial charge in [-0.3, -0.25) is 4.90 Å². The number of aromatic hydroxyl groups is 1. The van der Waals surface area contributed by atoms with Crippen molar-refractivity contribution in [3.05, 3.63) is 59.4 Å². The predicted octanol–water partition coefficient (Wildman–Crippen LogP) is 2.71. The SMILES string of the molecule is COc1cc(CN(C)CC(O)c2ccccc2F)ccc1O. The summed E-state index contributed by atoms with van der Waals surface area (Å²) in [5.74, 6) is 0.0792. The van der Waals surface area contributed by atoms with Crippen molar-refractivity contribution in [2.24, 2.45) is 0 Å². The average molecular weight is 305 g/mol. The van der Waals surface area contributed by atoms with Gasteiger partial charge in [-0.1, -0.05) is 24.3 Å². The fraction of sp³-hybridized carbons (Fsp3) is 0.294. The van der Waals surface area contributed by atoms with E-state index in [4.69, 9.17) is 4.74 Å². The van der Waals surface area contributed by atoms with Crippen molar-refractivity contribution < 1.29 is 19.3 Å². The van der Waals surface area contributed by atoms with Crippen LogP contribution in [-0.2, 0) is 6.54 Å². The molecule has 0 aliphatic carbocycles. The summed E-state index contributed by atoms with van der Waals surface area (Å²) in [5, 5.41) is 19.7. The van der Waals surface area contributed by atoms with Crippen molar-refractivity contribution in [2.45, 2.75) is 12.6 Å². The number of ether oxygens (including phenoxy) is 1. The van der Waals surface area contributed by atoms with E-state index in [-0.39, 0.29) is 11.3 Å². The second-order valence-electron chi connectivity index (χ2n) is 5.24. The largest absolute Gasteiger partial charge is 0.504 e. The van der Waals surface area contributed by atoms with Crippen LogP contribution in [0.5, 0.6) is 11.5 Å². The number of benzene rings is 2. The molecule has 0 heterocycles. The van der Waals surface area contributed by atoms with E-state index in [9.17, 15) is 14.6 Å². The molecule has 0 aromatic heterocycles. The van der Waals surface area contributed by atoms with E-state index in [0.29, 0.717) is 18.8 Å². The molecule has 0 fully saturated rings. The Labute approximate surface area is 129 Å². The van der Waals surface area contributed by atoms with Crippen LogP contribution in [0.2, 0.25) is 0 Å². The van der Waals surface area contributed by atoms with Gasteiger partial charge in [-0.05, 0) is 30.8 Å². The van der Waals surface area contributed by atoms with Gasteiger partial charge in [0.25, 0.3) is 0 Å². The molecule has 22 heavy (non-hydrogen) atoms. The zero-order valence-electron chi connectivity index (χ0n) is 12.7. The van der Waals surface area contributed by atoms with Crippen molar-refractivity contribution in [1.29, 1.82) is 0 Å². The van der Waals surface area contributed by atoms with Crippen LogP contribution >= 0.6 is 0 Å². The molecule has 0 aliphatic heterocycles. The van der Waals surface area contributed by atoms with Gasteiger partial charge in [-0.2, -0.15) is 0 Å². The fourth-order valence-corrected chi connectivity index (χ4v) is 2.34. The third-order valence-electron chi connectivity index (χ3n) is 3.45. The molecule has 0 radical (unpaired) electrons. The first kappa shape index (κ1) is 16.3. The van der Waals surface area contributed by atoms with Crippen LogP contribution < -0.4 is 4.74 Å². The Morgan fingerprint density at radius 3 is 2.64 bits per heavy atom. The van der Waals surface area contributed by atoms with Gasteiger partial charge in [-0.25, -0.2) is 4.39 Å². The van der Waals surface area contributed by atoms with Crippen molar-refractivity contribution in [2.75, 3.05) is 20.7 Å². The average Bonchev–Trinajstić information content (AvgIpc) is 2.49. The molecule has 4 nitrogen and oxygen atoms in total. The van der Waals surface area contributed by atoms with Crippen LogP contribution in [0.25, 0.3) is 0 Å². The summed E-state index contributed by atoms with van der Waals surface area (Å²) in [4.78, 5) is 1.88. The Hall–Kier alpha value is -2.11. The standard InChI is InChI=1S/C17H20FNO3/c1-19(10-12-7-8-15(20)17(9-12)22-2)11-16(21)13-5-3-4-6-14(13)18/h3-9,16,20-21H,10-11H2,1-2H3. The molecule has 0 amide bonds. The second kappa shape index (κ2) is 7.24. The third-order valence-corrected chi connectivity index (χ3v) is 3.45. The Bertz CT molecular complexity index is 633. The normalized spacial score (nSPS) is 12.4. The first-order valence-electron chi connectivity index (χ1n) is 6.98. The third kappa shape index (κ3) is 3.96. The monoisotopic (exact) mass is 305 g/mol. The Morgan fingerprint density at radius 2 is 1.95 bits per heavy atom. The quantitative estimate of drug-likeness (QED) is 0.861. The first-order valence-corrected chi connectivity index (χ1v) is 6.98. The summed E-state index contributed by atoms with van der Waals surface area (Å²) in [7, 11) is 3.33. The van der Waals surface area contributed by atoms with Crippen LogP contribution in [0.1, 0.15) is 17.2 Å². The number of nitrogens with zero attached hydrogens (tertiary/aromatic N) is 1. The lowest BCUT2D eigenvalue weighted by Gasteiger charge is -2.21. The molecule has 1 unspecified atom stereocenters. The highest BCUT2D eigenvalue weighted by Gasteiger charge is 2.15. The number of likely N-dealkylation sites (N-methyl/N-ethyl adjacent to an activating group) is 1. The highest BCUT2D eigenvalue weighted by molar-refractivity contribution is 5.41. The molecular weight excluding hydrogens is 285 g/mol. The summed E-state index contributed by atoms with van der Waals surface area (Å²) >= 11 is 0. The molecule has 0 saturated heterocycles.